The molecule has 0 aliphatic carbocycles. The zero-order valence-electron chi connectivity index (χ0n) is 15.3. The van der Waals surface area contributed by atoms with Crippen molar-refractivity contribution in [1.82, 2.24) is 9.79 Å². The molecule has 1 heterocycles. The van der Waals surface area contributed by atoms with Gasteiger partial charge in [-0.15, -0.1) is 0 Å². The molecule has 27 heavy (non-hydrogen) atoms. The molecule has 3 rings (SSSR count). The van der Waals surface area contributed by atoms with Crippen molar-refractivity contribution in [1.29, 1.82) is 0 Å². The summed E-state index contributed by atoms with van der Waals surface area (Å²) in [6.07, 6.45) is 2.75. The molecule has 0 aromatic heterocycles. The van der Waals surface area contributed by atoms with Crippen molar-refractivity contribution >= 4 is 15.9 Å². The van der Waals surface area contributed by atoms with E-state index in [1.165, 1.54) is 16.4 Å². The van der Waals surface area contributed by atoms with Crippen LogP contribution < -0.4 is 5.48 Å². The predicted octanol–water partition coefficient (Wildman–Crippen LogP) is 3.11. The second-order valence-electron chi connectivity index (χ2n) is 6.69. The Bertz CT molecular complexity index is 884. The Morgan fingerprint density at radius 1 is 1.15 bits per heavy atom. The van der Waals surface area contributed by atoms with Crippen molar-refractivity contribution in [3.8, 4) is 0 Å². The largest absolute Gasteiger partial charge is 0.274 e. The highest BCUT2D eigenvalue weighted by atomic mass is 32.2. The van der Waals surface area contributed by atoms with Gasteiger partial charge in [-0.1, -0.05) is 42.8 Å². The quantitative estimate of drug-likeness (QED) is 0.772. The molecular formula is C20H24N2O4S. The van der Waals surface area contributed by atoms with Crippen LogP contribution in [0.25, 0.3) is 0 Å². The maximum absolute atomic E-state index is 12.9. The molecule has 1 fully saturated rings. The minimum Gasteiger partial charge on any atom is -0.269 e. The molecule has 0 saturated carbocycles. The first kappa shape index (κ1) is 19.5. The van der Waals surface area contributed by atoms with E-state index in [1.807, 2.05) is 37.3 Å². The number of carbonyl (C=O) groups is 1. The molecule has 1 atom stereocenters. The van der Waals surface area contributed by atoms with Gasteiger partial charge >= 0.3 is 0 Å². The zero-order valence-corrected chi connectivity index (χ0v) is 16.1. The molecule has 1 saturated heterocycles. The molecular weight excluding hydrogens is 364 g/mol. The van der Waals surface area contributed by atoms with Gasteiger partial charge in [-0.05, 0) is 43.5 Å². The summed E-state index contributed by atoms with van der Waals surface area (Å²) in [5.41, 5.74) is 3.54. The van der Waals surface area contributed by atoms with Crippen LogP contribution in [0.3, 0.4) is 0 Å². The maximum Gasteiger partial charge on any atom is 0.274 e. The van der Waals surface area contributed by atoms with Crippen LogP contribution in [-0.2, 0) is 21.5 Å². The number of hydroxylamine groups is 1. The smallest absolute Gasteiger partial charge is 0.269 e. The van der Waals surface area contributed by atoms with Gasteiger partial charge in [-0.3, -0.25) is 9.63 Å². The molecule has 1 amide bonds. The third-order valence-electron chi connectivity index (χ3n) is 4.69. The number of carbonyl (C=O) groups excluding carboxylic acids is 1. The first-order chi connectivity index (χ1) is 13.0. The van der Waals surface area contributed by atoms with E-state index in [9.17, 15) is 13.2 Å². The van der Waals surface area contributed by atoms with Gasteiger partial charge in [0, 0.05) is 18.2 Å². The Kier molecular flexibility index (Phi) is 6.26. The van der Waals surface area contributed by atoms with Gasteiger partial charge in [0.2, 0.25) is 10.0 Å². The van der Waals surface area contributed by atoms with Crippen LogP contribution in [0.15, 0.2) is 59.5 Å². The van der Waals surface area contributed by atoms with Crippen molar-refractivity contribution in [2.24, 2.45) is 0 Å². The summed E-state index contributed by atoms with van der Waals surface area (Å²) in [7, 11) is -3.62. The van der Waals surface area contributed by atoms with Gasteiger partial charge in [0.15, 0.2) is 0 Å². The number of hydrogen-bond acceptors (Lipinski definition) is 4. The van der Waals surface area contributed by atoms with E-state index in [1.54, 1.807) is 12.1 Å². The molecule has 144 valence electrons. The van der Waals surface area contributed by atoms with E-state index in [4.69, 9.17) is 4.84 Å². The zero-order chi connectivity index (χ0) is 19.3. The lowest BCUT2D eigenvalue weighted by molar-refractivity contribution is 0.0233. The van der Waals surface area contributed by atoms with Crippen LogP contribution in [0.4, 0.5) is 0 Å². The number of nitrogens with zero attached hydrogens (tertiary/aromatic N) is 1. The van der Waals surface area contributed by atoms with Crippen molar-refractivity contribution in [2.75, 3.05) is 6.54 Å². The summed E-state index contributed by atoms with van der Waals surface area (Å²) in [5.74, 6) is -0.477. The summed E-state index contributed by atoms with van der Waals surface area (Å²) in [4.78, 5) is 17.7. The van der Waals surface area contributed by atoms with Crippen LogP contribution >= 0.6 is 0 Å². The van der Waals surface area contributed by atoms with E-state index < -0.39 is 15.9 Å². The van der Waals surface area contributed by atoms with E-state index in [0.29, 0.717) is 6.54 Å². The standard InChI is InChI=1S/C20H24N2O4S/c1-16-8-5-6-13-22(16)27(24,25)19-12-7-11-18(14-19)20(23)21-26-15-17-9-3-2-4-10-17/h2-4,7,9-12,14,16H,5-6,8,13,15H2,1H3,(H,21,23)/t16-/m1/s1. The van der Waals surface area contributed by atoms with Crippen molar-refractivity contribution in [3.63, 3.8) is 0 Å². The Morgan fingerprint density at radius 2 is 1.93 bits per heavy atom. The van der Waals surface area contributed by atoms with Crippen molar-refractivity contribution in [2.45, 2.75) is 43.7 Å². The summed E-state index contributed by atoms with van der Waals surface area (Å²) >= 11 is 0. The first-order valence-electron chi connectivity index (χ1n) is 9.06. The van der Waals surface area contributed by atoms with E-state index in [0.717, 1.165) is 24.8 Å². The summed E-state index contributed by atoms with van der Waals surface area (Å²) in [5, 5.41) is 0. The topological polar surface area (TPSA) is 75.7 Å². The Labute approximate surface area is 160 Å². The van der Waals surface area contributed by atoms with Gasteiger partial charge in [0.05, 0.1) is 11.5 Å². The van der Waals surface area contributed by atoms with Crippen LogP contribution in [0.1, 0.15) is 42.1 Å². The van der Waals surface area contributed by atoms with Crippen LogP contribution in [0.5, 0.6) is 0 Å². The fraction of sp³-hybridized carbons (Fsp3) is 0.350. The Morgan fingerprint density at radius 3 is 2.67 bits per heavy atom. The molecule has 2 aromatic rings. The number of sulfonamides is 1. The molecule has 0 spiro atoms. The summed E-state index contributed by atoms with van der Waals surface area (Å²) in [6.45, 7) is 2.67. The Balaban J connectivity index is 1.68. The fourth-order valence-corrected chi connectivity index (χ4v) is 4.93. The summed E-state index contributed by atoms with van der Waals surface area (Å²) < 4.78 is 27.4. The minimum atomic E-state index is -3.62. The molecule has 0 unspecified atom stereocenters. The average Bonchev–Trinajstić information content (AvgIpc) is 2.69. The molecule has 0 radical (unpaired) electrons. The third-order valence-corrected chi connectivity index (χ3v) is 6.70. The number of nitrogens with one attached hydrogen (secondary N) is 1. The van der Waals surface area contributed by atoms with Crippen molar-refractivity contribution in [3.05, 3.63) is 65.7 Å². The van der Waals surface area contributed by atoms with Crippen molar-refractivity contribution < 1.29 is 18.0 Å². The number of rotatable bonds is 6. The molecule has 1 aliphatic rings. The van der Waals surface area contributed by atoms with Gasteiger partial charge in [-0.2, -0.15) is 4.31 Å². The van der Waals surface area contributed by atoms with Crippen LogP contribution in [0, 0.1) is 0 Å². The lowest BCUT2D eigenvalue weighted by Gasteiger charge is -2.32. The average molecular weight is 388 g/mol. The van der Waals surface area contributed by atoms with Gasteiger partial charge in [0.1, 0.15) is 0 Å². The molecule has 1 N–H and O–H groups in total. The highest BCUT2D eigenvalue weighted by molar-refractivity contribution is 7.89. The first-order valence-corrected chi connectivity index (χ1v) is 10.5. The minimum absolute atomic E-state index is 0.0320. The molecule has 0 bridgehead atoms. The number of benzene rings is 2. The Hall–Kier alpha value is -2.22. The summed E-state index contributed by atoms with van der Waals surface area (Å²) in [6, 6.07) is 15.5. The molecule has 1 aliphatic heterocycles. The van der Waals surface area contributed by atoms with E-state index in [-0.39, 0.29) is 23.1 Å². The van der Waals surface area contributed by atoms with Gasteiger partial charge < -0.3 is 0 Å². The highest BCUT2D eigenvalue weighted by Gasteiger charge is 2.31. The normalized spacial score (nSPS) is 18.2. The SMILES string of the molecule is C[C@@H]1CCCCN1S(=O)(=O)c1cccc(C(=O)NOCc2ccccc2)c1. The third kappa shape index (κ3) is 4.74. The molecule has 2 aromatic carbocycles. The van der Waals surface area contributed by atoms with E-state index in [2.05, 4.69) is 5.48 Å². The number of amides is 1. The number of piperidine rings is 1. The van der Waals surface area contributed by atoms with Gasteiger partial charge in [-0.25, -0.2) is 13.9 Å². The number of hydrogen-bond donors (Lipinski definition) is 1. The molecule has 6 nitrogen and oxygen atoms in total. The van der Waals surface area contributed by atoms with Gasteiger partial charge in [0.25, 0.3) is 5.91 Å². The lowest BCUT2D eigenvalue weighted by Crippen LogP contribution is -2.42. The van der Waals surface area contributed by atoms with E-state index >= 15 is 0 Å². The highest BCUT2D eigenvalue weighted by Crippen LogP contribution is 2.25. The second-order valence-corrected chi connectivity index (χ2v) is 8.58. The second kappa shape index (κ2) is 8.65. The predicted molar refractivity (Wildman–Crippen MR) is 102 cm³/mol. The maximum atomic E-state index is 12.9. The monoisotopic (exact) mass is 388 g/mol. The lowest BCUT2D eigenvalue weighted by atomic mass is 10.1. The molecule has 7 heteroatoms. The van der Waals surface area contributed by atoms with Crippen LogP contribution in [-0.4, -0.2) is 31.2 Å². The van der Waals surface area contributed by atoms with Crippen LogP contribution in [0.2, 0.25) is 0 Å². The fourth-order valence-electron chi connectivity index (χ4n) is 3.18.